The number of nitrogens with one attached hydrogen (secondary N) is 3. The van der Waals surface area contributed by atoms with Crippen molar-refractivity contribution in [2.45, 2.75) is 17.9 Å². The minimum absolute atomic E-state index is 0.00899. The lowest BCUT2D eigenvalue weighted by Crippen LogP contribution is -2.60. The van der Waals surface area contributed by atoms with Gasteiger partial charge >= 0.3 is 18.4 Å². The second-order valence-electron chi connectivity index (χ2n) is 7.79. The second-order valence-corrected chi connectivity index (χ2v) is 7.79. The van der Waals surface area contributed by atoms with Crippen LogP contribution in [0.3, 0.4) is 0 Å². The third kappa shape index (κ3) is 6.26. The summed E-state index contributed by atoms with van der Waals surface area (Å²) in [5, 5.41) is 6.46. The molecule has 2 aromatic rings. The average Bonchev–Trinajstić information content (AvgIpc) is 3.12. The van der Waals surface area contributed by atoms with Gasteiger partial charge < -0.3 is 16.4 Å². The molecular formula is C23H19F6N5O3. The Balaban J connectivity index is 1.92. The van der Waals surface area contributed by atoms with E-state index in [1.54, 1.807) is 6.07 Å². The molecule has 0 radical (unpaired) electrons. The van der Waals surface area contributed by atoms with Crippen LogP contribution in [0.15, 0.2) is 65.8 Å². The molecule has 37 heavy (non-hydrogen) atoms. The van der Waals surface area contributed by atoms with Gasteiger partial charge in [-0.15, -0.1) is 0 Å². The van der Waals surface area contributed by atoms with E-state index in [-0.39, 0.29) is 16.7 Å². The average molecular weight is 527 g/mol. The van der Waals surface area contributed by atoms with Crippen molar-refractivity contribution in [1.29, 1.82) is 0 Å². The highest BCUT2D eigenvalue weighted by Crippen LogP contribution is 2.32. The van der Waals surface area contributed by atoms with Gasteiger partial charge in [-0.2, -0.15) is 26.3 Å². The van der Waals surface area contributed by atoms with Crippen molar-refractivity contribution in [3.8, 4) is 11.1 Å². The first-order valence-electron chi connectivity index (χ1n) is 10.5. The third-order valence-corrected chi connectivity index (χ3v) is 5.27. The Hall–Kier alpha value is -4.36. The number of aliphatic imine (C=N–C) groups is 1. The molecule has 0 spiro atoms. The summed E-state index contributed by atoms with van der Waals surface area (Å²) < 4.78 is 77.1. The zero-order chi connectivity index (χ0) is 27.4. The first-order chi connectivity index (χ1) is 17.3. The van der Waals surface area contributed by atoms with E-state index in [4.69, 9.17) is 5.73 Å². The van der Waals surface area contributed by atoms with E-state index >= 15 is 0 Å². The Morgan fingerprint density at radius 2 is 1.68 bits per heavy atom. The summed E-state index contributed by atoms with van der Waals surface area (Å²) in [4.78, 5) is 40.9. The summed E-state index contributed by atoms with van der Waals surface area (Å²) in [5.41, 5.74) is 2.15. The Morgan fingerprint density at radius 1 is 1.03 bits per heavy atom. The fourth-order valence-corrected chi connectivity index (χ4v) is 3.56. The maximum absolute atomic E-state index is 13.1. The Labute approximate surface area is 205 Å². The molecule has 196 valence electrons. The topological polar surface area (TPSA) is 126 Å². The number of rotatable bonds is 7. The predicted octanol–water partition coefficient (Wildman–Crippen LogP) is 3.16. The van der Waals surface area contributed by atoms with Crippen molar-refractivity contribution >= 4 is 23.6 Å². The Bertz CT molecular complexity index is 1250. The summed E-state index contributed by atoms with van der Waals surface area (Å²) in [5.74, 6) is -1.90. The van der Waals surface area contributed by atoms with Crippen LogP contribution in [0.1, 0.15) is 15.9 Å². The number of alkyl halides is 6. The standard InChI is InChI=1S/C23H19F6N5O3/c24-22(25,26)12-31-17(9-10-30)21(19(36)33-20(37)34-21)11-32-18(35)16-4-2-1-3-15(16)13-5-7-14(8-6-13)23(27,28)29/h1-10H,11-12,30H2,(H,32,35)(H2,33,34,36,37). The van der Waals surface area contributed by atoms with Crippen LogP contribution in [-0.2, 0) is 11.0 Å². The molecule has 0 aliphatic carbocycles. The van der Waals surface area contributed by atoms with Gasteiger partial charge in [-0.25, -0.2) is 4.79 Å². The smallest absolute Gasteiger partial charge is 0.405 e. The number of nitrogens with zero attached hydrogens (tertiary/aromatic N) is 1. The highest BCUT2D eigenvalue weighted by molar-refractivity contribution is 6.26. The first-order valence-corrected chi connectivity index (χ1v) is 10.5. The van der Waals surface area contributed by atoms with Crippen molar-refractivity contribution in [3.63, 3.8) is 0 Å². The van der Waals surface area contributed by atoms with E-state index in [9.17, 15) is 40.7 Å². The van der Waals surface area contributed by atoms with Crippen LogP contribution in [0.4, 0.5) is 31.1 Å². The molecular weight excluding hydrogens is 508 g/mol. The zero-order valence-corrected chi connectivity index (χ0v) is 18.7. The van der Waals surface area contributed by atoms with Crippen molar-refractivity contribution in [1.82, 2.24) is 16.0 Å². The number of benzene rings is 2. The highest BCUT2D eigenvalue weighted by atomic mass is 19.4. The summed E-state index contributed by atoms with van der Waals surface area (Å²) >= 11 is 0. The maximum Gasteiger partial charge on any atom is 0.416 e. The van der Waals surface area contributed by atoms with Crippen LogP contribution >= 0.6 is 0 Å². The number of hydrogen-bond donors (Lipinski definition) is 4. The van der Waals surface area contributed by atoms with E-state index < -0.39 is 60.1 Å². The lowest BCUT2D eigenvalue weighted by atomic mass is 9.92. The SMILES string of the molecule is NC=CC(=NCC(F)(F)F)C1(CNC(=O)c2ccccc2-c2ccc(C(F)(F)F)cc2)NC(=O)NC1=O. The molecule has 1 atom stereocenters. The molecule has 8 nitrogen and oxygen atoms in total. The van der Waals surface area contributed by atoms with Crippen molar-refractivity contribution in [3.05, 3.63) is 71.9 Å². The van der Waals surface area contributed by atoms with Crippen LogP contribution in [0, 0.1) is 0 Å². The van der Waals surface area contributed by atoms with E-state index in [2.05, 4.69) is 15.6 Å². The van der Waals surface area contributed by atoms with Gasteiger partial charge in [0.15, 0.2) is 5.54 Å². The number of carbonyl (C=O) groups excluding carboxylic acids is 3. The molecule has 2 aromatic carbocycles. The molecule has 3 rings (SSSR count). The van der Waals surface area contributed by atoms with Crippen LogP contribution in [-0.4, -0.2) is 48.4 Å². The van der Waals surface area contributed by atoms with E-state index in [1.807, 2.05) is 5.32 Å². The number of amides is 4. The van der Waals surface area contributed by atoms with Crippen LogP contribution in [0.2, 0.25) is 0 Å². The van der Waals surface area contributed by atoms with Gasteiger partial charge in [-0.3, -0.25) is 19.9 Å². The molecule has 1 unspecified atom stereocenters. The van der Waals surface area contributed by atoms with Gasteiger partial charge in [0.25, 0.3) is 11.8 Å². The van der Waals surface area contributed by atoms with Crippen LogP contribution in [0.25, 0.3) is 11.1 Å². The number of carbonyl (C=O) groups is 3. The van der Waals surface area contributed by atoms with Crippen LogP contribution in [0.5, 0.6) is 0 Å². The molecule has 14 heteroatoms. The second kappa shape index (κ2) is 10.3. The molecule has 1 heterocycles. The zero-order valence-electron chi connectivity index (χ0n) is 18.7. The molecule has 1 fully saturated rings. The molecule has 1 aliphatic rings. The molecule has 4 amide bonds. The summed E-state index contributed by atoms with van der Waals surface area (Å²) in [7, 11) is 0. The molecule has 1 saturated heterocycles. The quantitative estimate of drug-likeness (QED) is 0.251. The Morgan fingerprint density at radius 3 is 2.22 bits per heavy atom. The monoisotopic (exact) mass is 527 g/mol. The molecule has 0 bridgehead atoms. The normalized spacial score (nSPS) is 18.6. The summed E-state index contributed by atoms with van der Waals surface area (Å²) in [6.45, 7) is -2.41. The number of nitrogens with two attached hydrogens (primary N) is 1. The van der Waals surface area contributed by atoms with Crippen molar-refractivity contribution in [2.24, 2.45) is 10.7 Å². The molecule has 0 aromatic heterocycles. The van der Waals surface area contributed by atoms with Gasteiger partial charge in [0.05, 0.1) is 17.8 Å². The fourth-order valence-electron chi connectivity index (χ4n) is 3.56. The van der Waals surface area contributed by atoms with E-state index in [0.717, 1.165) is 24.4 Å². The predicted molar refractivity (Wildman–Crippen MR) is 120 cm³/mol. The number of imide groups is 1. The largest absolute Gasteiger partial charge is 0.416 e. The number of halogens is 6. The molecule has 1 aliphatic heterocycles. The number of hydrogen-bond acceptors (Lipinski definition) is 5. The van der Waals surface area contributed by atoms with Crippen LogP contribution < -0.4 is 21.7 Å². The third-order valence-electron chi connectivity index (χ3n) is 5.27. The molecule has 0 saturated carbocycles. The highest BCUT2D eigenvalue weighted by Gasteiger charge is 2.50. The van der Waals surface area contributed by atoms with E-state index in [1.165, 1.54) is 30.3 Å². The molecule has 5 N–H and O–H groups in total. The Kier molecular flexibility index (Phi) is 7.60. The summed E-state index contributed by atoms with van der Waals surface area (Å²) in [6.07, 6.45) is -7.59. The van der Waals surface area contributed by atoms with Gasteiger partial charge in [-0.1, -0.05) is 30.3 Å². The van der Waals surface area contributed by atoms with Crippen molar-refractivity contribution in [2.75, 3.05) is 13.1 Å². The van der Waals surface area contributed by atoms with Gasteiger partial charge in [0.2, 0.25) is 0 Å². The lowest BCUT2D eigenvalue weighted by Gasteiger charge is -2.27. The minimum Gasteiger partial charge on any atom is -0.405 e. The minimum atomic E-state index is -4.74. The van der Waals surface area contributed by atoms with Gasteiger partial charge in [0, 0.05) is 5.56 Å². The number of urea groups is 1. The van der Waals surface area contributed by atoms with Gasteiger partial charge in [-0.05, 0) is 41.6 Å². The van der Waals surface area contributed by atoms with Gasteiger partial charge in [0.1, 0.15) is 6.54 Å². The van der Waals surface area contributed by atoms with E-state index in [0.29, 0.717) is 0 Å². The lowest BCUT2D eigenvalue weighted by molar-refractivity contribution is -0.137. The summed E-state index contributed by atoms with van der Waals surface area (Å²) in [6, 6.07) is 8.88. The van der Waals surface area contributed by atoms with Crippen molar-refractivity contribution < 1.29 is 40.7 Å². The first kappa shape index (κ1) is 27.2. The maximum atomic E-state index is 13.1. The fraction of sp³-hybridized carbons (Fsp3) is 0.217.